The summed E-state index contributed by atoms with van der Waals surface area (Å²) >= 11 is 0. The first-order chi connectivity index (χ1) is 26.2. The van der Waals surface area contributed by atoms with Crippen molar-refractivity contribution in [2.45, 2.75) is 214 Å². The summed E-state index contributed by atoms with van der Waals surface area (Å²) in [6.07, 6.45) is 30.0. The minimum atomic E-state index is -2.84. The Balaban J connectivity index is 0.000000359. The zero-order valence-electron chi connectivity index (χ0n) is 39.2. The molecule has 0 aromatic rings. The predicted octanol–water partition coefficient (Wildman–Crippen LogP) is 12.5. The maximum Gasteiger partial charge on any atom is 0.327 e. The van der Waals surface area contributed by atoms with E-state index in [4.69, 9.17) is 14.7 Å². The van der Waals surface area contributed by atoms with Gasteiger partial charge in [-0.2, -0.15) is 0 Å². The van der Waals surface area contributed by atoms with Crippen LogP contribution in [-0.2, 0) is 4.79 Å². The first-order valence-electron chi connectivity index (χ1n) is 24.5. The van der Waals surface area contributed by atoms with E-state index < -0.39 is 25.6 Å². The number of rotatable bonds is 20. The molecule has 0 amide bonds. The Labute approximate surface area is 313 Å². The van der Waals surface area contributed by atoms with E-state index in [2.05, 4.69) is 27.7 Å². The molecule has 0 aromatic carbocycles. The fourth-order valence-electron chi connectivity index (χ4n) is 11.5. The predicted molar refractivity (Wildman–Crippen MR) is 208 cm³/mol. The lowest BCUT2D eigenvalue weighted by Crippen LogP contribution is -2.58. The second-order valence-electron chi connectivity index (χ2n) is 17.6. The van der Waals surface area contributed by atoms with Gasteiger partial charge in [-0.3, -0.25) is 0 Å². The fourth-order valence-corrected chi connectivity index (χ4v) is 11.5. The lowest BCUT2D eigenvalue weighted by Gasteiger charge is -2.62. The zero-order valence-corrected chi connectivity index (χ0v) is 32.2. The third-order valence-corrected chi connectivity index (χ3v) is 14.2. The third kappa shape index (κ3) is 12.6. The Hall–Kier alpha value is -0.870. The van der Waals surface area contributed by atoms with Crippen LogP contribution in [0.5, 0.6) is 0 Å². The minimum Gasteiger partial charge on any atom is -0.478 e. The van der Waals surface area contributed by atoms with Crippen molar-refractivity contribution in [1.29, 1.82) is 0 Å². The number of hydrogen-bond donors (Lipinski definition) is 3. The fraction of sp³-hybridized carbons (Fsp3) is 0.933. The molecule has 4 aliphatic carbocycles. The smallest absolute Gasteiger partial charge is 0.327 e. The average molecular weight is 694 g/mol. The number of aliphatic hydroxyl groups is 2. The van der Waals surface area contributed by atoms with Crippen molar-refractivity contribution in [3.05, 3.63) is 12.2 Å². The Morgan fingerprint density at radius 2 is 1.37 bits per heavy atom. The molecule has 1 unspecified atom stereocenters. The molecule has 10 atom stereocenters. The van der Waals surface area contributed by atoms with Crippen molar-refractivity contribution in [2.24, 2.45) is 52.2 Å². The van der Waals surface area contributed by atoms with Crippen molar-refractivity contribution in [1.82, 2.24) is 0 Å². The number of carboxylic acids is 1. The van der Waals surface area contributed by atoms with E-state index in [-0.39, 0.29) is 35.4 Å². The van der Waals surface area contributed by atoms with Crippen LogP contribution in [-0.4, -0.2) is 33.5 Å². The Bertz CT molecular complexity index is 1180. The number of fused-ring (bicyclic) bond motifs is 5. The number of aliphatic carboxylic acids is 1. The summed E-state index contributed by atoms with van der Waals surface area (Å²) in [4.78, 5) is 10.2. The molecule has 4 saturated carbocycles. The molecule has 4 heteroatoms. The van der Waals surface area contributed by atoms with Crippen LogP contribution in [0.3, 0.4) is 0 Å². The quantitative estimate of drug-likeness (QED) is 0.0876. The summed E-state index contributed by atoms with van der Waals surface area (Å²) in [5.74, 6) is -0.520. The molecular weight excluding hydrogens is 604 g/mol. The summed E-state index contributed by atoms with van der Waals surface area (Å²) in [6, 6.07) is 0. The highest BCUT2D eigenvalue weighted by atomic mass is 16.4. The number of unbranched alkanes of at least 4 members (excludes halogenated alkanes) is 13. The van der Waals surface area contributed by atoms with Gasteiger partial charge in [-0.15, -0.1) is 0 Å². The van der Waals surface area contributed by atoms with Crippen molar-refractivity contribution in [2.75, 3.05) is 0 Å². The van der Waals surface area contributed by atoms with Crippen LogP contribution in [0.15, 0.2) is 12.2 Å². The van der Waals surface area contributed by atoms with Gasteiger partial charge in [0.05, 0.1) is 12.2 Å². The van der Waals surface area contributed by atoms with Gasteiger partial charge in [-0.1, -0.05) is 144 Å². The molecule has 4 nitrogen and oxygen atoms in total. The molecule has 0 saturated heterocycles. The van der Waals surface area contributed by atoms with E-state index >= 15 is 0 Å². The highest BCUT2D eigenvalue weighted by molar-refractivity contribution is 5.79. The molecule has 0 bridgehead atoms. The summed E-state index contributed by atoms with van der Waals surface area (Å²) in [7, 11) is 0. The minimum absolute atomic E-state index is 0.106. The second kappa shape index (κ2) is 21.6. The Morgan fingerprint density at radius 1 is 0.776 bits per heavy atom. The first kappa shape index (κ1) is 32.8. The highest BCUT2D eigenvalue weighted by Gasteiger charge is 2.62. The van der Waals surface area contributed by atoms with E-state index in [9.17, 15) is 15.0 Å². The molecule has 0 spiro atoms. The maximum atomic E-state index is 11.2. The molecule has 286 valence electrons. The van der Waals surface area contributed by atoms with E-state index in [1.54, 1.807) is 6.08 Å². The summed E-state index contributed by atoms with van der Waals surface area (Å²) in [5, 5.41) is 29.9. The number of hydrogen-bond acceptors (Lipinski definition) is 3. The number of carbonyl (C=O) groups is 1. The normalized spacial score (nSPS) is 37.4. The van der Waals surface area contributed by atoms with Crippen LogP contribution < -0.4 is 0 Å². The van der Waals surface area contributed by atoms with Gasteiger partial charge < -0.3 is 15.3 Å². The van der Waals surface area contributed by atoms with Crippen LogP contribution in [0, 0.1) is 52.2 Å². The van der Waals surface area contributed by atoms with Crippen LogP contribution in [0.2, 0.25) is 0 Å². The van der Waals surface area contributed by atoms with Crippen LogP contribution in [0.4, 0.5) is 0 Å². The highest BCUT2D eigenvalue weighted by Crippen LogP contribution is 2.68. The topological polar surface area (TPSA) is 77.8 Å². The summed E-state index contributed by atoms with van der Waals surface area (Å²) in [5.41, 5.74) is 0.290. The van der Waals surface area contributed by atoms with Gasteiger partial charge in [0.2, 0.25) is 0 Å². The van der Waals surface area contributed by atoms with E-state index in [0.717, 1.165) is 57.8 Å². The molecule has 4 rings (SSSR count). The Kier molecular flexibility index (Phi) is 14.4. The van der Waals surface area contributed by atoms with Gasteiger partial charge in [0.15, 0.2) is 0 Å². The third-order valence-electron chi connectivity index (χ3n) is 14.2. The summed E-state index contributed by atoms with van der Waals surface area (Å²) < 4.78 is 54.5. The molecule has 49 heavy (non-hydrogen) atoms. The molecule has 3 N–H and O–H groups in total. The van der Waals surface area contributed by atoms with Gasteiger partial charge in [0.25, 0.3) is 0 Å². The van der Waals surface area contributed by atoms with Gasteiger partial charge >= 0.3 is 5.97 Å². The van der Waals surface area contributed by atoms with Crippen molar-refractivity contribution >= 4 is 5.97 Å². The molecule has 4 aliphatic rings. The van der Waals surface area contributed by atoms with Gasteiger partial charge in [-0.25, -0.2) is 4.79 Å². The standard InChI is InChI=1S/C27H48O2.C18H34O2/c1-17(2)7-6-8-18(3)21-9-10-22-20-16-25(29)24-15-19(28)11-13-27(24,5)23(20)12-14-26(21,22)4;1-2-3-4-5-6-7-8-9-10-11-12-13-14-15-16-17-18(19)20/h17-25,28-29H,6-16H2,1-5H3;16-17H,2-15H2,1H3,(H,19,20)/t18-,19?,20+,21-,22+,23+,24-,25+,26-,27-;/m1./s1/i1D3,2D3,17D;. The van der Waals surface area contributed by atoms with Gasteiger partial charge in [-0.05, 0) is 116 Å². The van der Waals surface area contributed by atoms with Crippen LogP contribution in [0.25, 0.3) is 0 Å². The maximum absolute atomic E-state index is 11.2. The van der Waals surface area contributed by atoms with Crippen LogP contribution >= 0.6 is 0 Å². The summed E-state index contributed by atoms with van der Waals surface area (Å²) in [6.45, 7) is 3.64. The number of allylic oxidation sites excluding steroid dienone is 1. The second-order valence-corrected chi connectivity index (χ2v) is 17.6. The lowest BCUT2D eigenvalue weighted by molar-refractivity contribution is -0.172. The first-order valence-corrected chi connectivity index (χ1v) is 21.0. The van der Waals surface area contributed by atoms with Crippen LogP contribution in [0.1, 0.15) is 212 Å². The van der Waals surface area contributed by atoms with Crippen molar-refractivity contribution in [3.8, 4) is 0 Å². The number of carboxylic acid groups (broad SMARTS) is 1. The van der Waals surface area contributed by atoms with Crippen molar-refractivity contribution < 1.29 is 29.7 Å². The van der Waals surface area contributed by atoms with E-state index in [1.165, 1.54) is 96.0 Å². The molecule has 0 heterocycles. The van der Waals surface area contributed by atoms with E-state index in [1.807, 2.05) is 0 Å². The van der Waals surface area contributed by atoms with Gasteiger partial charge in [0, 0.05) is 15.7 Å². The molecular formula is C45H82O4. The molecule has 0 aliphatic heterocycles. The van der Waals surface area contributed by atoms with Gasteiger partial charge in [0.1, 0.15) is 0 Å². The van der Waals surface area contributed by atoms with E-state index in [0.29, 0.717) is 36.0 Å². The molecule has 4 fully saturated rings. The molecule has 0 aromatic heterocycles. The average Bonchev–Trinajstić information content (AvgIpc) is 3.47. The Morgan fingerprint density at radius 3 is 1.98 bits per heavy atom. The van der Waals surface area contributed by atoms with Crippen molar-refractivity contribution in [3.63, 3.8) is 0 Å². The number of aliphatic hydroxyl groups excluding tert-OH is 2. The SMILES string of the molecule is CCCCCCCCCCCCCCCC=CC(=O)O.[2H]C([2H])([2H])C([2H])(CCC[C@@H](C)[C@H]1CC[C@H]2[C@@H]3C[C@H](O)[C@H]4CC(O)CC[C@]4(C)[C@H]3CC[C@]12C)C([2H])([2H])[2H]. The monoisotopic (exact) mass is 694 g/mol. The largest absolute Gasteiger partial charge is 0.478 e. The molecule has 0 radical (unpaired) electrons. The lowest BCUT2D eigenvalue weighted by atomic mass is 9.44. The zero-order chi connectivity index (χ0) is 41.8.